The molecule has 126 valence electrons. The van der Waals surface area contributed by atoms with Gasteiger partial charge in [-0.15, -0.1) is 0 Å². The van der Waals surface area contributed by atoms with Crippen LogP contribution in [0.15, 0.2) is 23.1 Å². The lowest BCUT2D eigenvalue weighted by molar-refractivity contribution is -0.387. The van der Waals surface area contributed by atoms with Gasteiger partial charge in [0.2, 0.25) is 15.9 Å². The number of amides is 1. The van der Waals surface area contributed by atoms with Crippen LogP contribution in [0.2, 0.25) is 5.02 Å². The Hall–Kier alpha value is -1.71. The minimum absolute atomic E-state index is 0.0919. The Morgan fingerprint density at radius 1 is 1.26 bits per heavy atom. The quantitative estimate of drug-likeness (QED) is 0.599. The van der Waals surface area contributed by atoms with Gasteiger partial charge in [0.1, 0.15) is 0 Å². The first-order valence-electron chi connectivity index (χ1n) is 6.93. The summed E-state index contributed by atoms with van der Waals surface area (Å²) in [4.78, 5) is 22.9. The third-order valence-corrected chi connectivity index (χ3v) is 5.82. The van der Waals surface area contributed by atoms with Crippen LogP contribution in [0.1, 0.15) is 13.3 Å². The second kappa shape index (κ2) is 6.81. The fraction of sp³-hybridized carbons (Fsp3) is 0.462. The van der Waals surface area contributed by atoms with Crippen molar-refractivity contribution in [1.29, 1.82) is 0 Å². The highest BCUT2D eigenvalue weighted by Gasteiger charge is 2.33. The van der Waals surface area contributed by atoms with Crippen molar-refractivity contribution < 1.29 is 18.1 Å². The van der Waals surface area contributed by atoms with Crippen molar-refractivity contribution in [3.05, 3.63) is 33.3 Å². The molecule has 1 amide bonds. The Bertz CT molecular complexity index is 737. The molecular weight excluding hydrogens is 346 g/mol. The van der Waals surface area contributed by atoms with E-state index in [1.165, 1.54) is 17.3 Å². The van der Waals surface area contributed by atoms with Gasteiger partial charge in [0.15, 0.2) is 4.90 Å². The zero-order chi connectivity index (χ0) is 17.2. The Morgan fingerprint density at radius 3 is 2.57 bits per heavy atom. The molecule has 1 fully saturated rings. The van der Waals surface area contributed by atoms with Crippen LogP contribution in [-0.4, -0.2) is 54.6 Å². The monoisotopic (exact) mass is 361 g/mol. The van der Waals surface area contributed by atoms with E-state index in [-0.39, 0.29) is 35.5 Å². The number of nitro benzene ring substituents is 1. The summed E-state index contributed by atoms with van der Waals surface area (Å²) in [5.41, 5.74) is -0.551. The van der Waals surface area contributed by atoms with Crippen LogP contribution in [0.3, 0.4) is 0 Å². The van der Waals surface area contributed by atoms with Crippen LogP contribution in [0.5, 0.6) is 0 Å². The molecular formula is C13H16ClN3O5S. The number of nitro groups is 1. The fourth-order valence-corrected chi connectivity index (χ4v) is 4.21. The van der Waals surface area contributed by atoms with Gasteiger partial charge in [0.25, 0.3) is 5.69 Å². The predicted octanol–water partition coefficient (Wildman–Crippen LogP) is 1.49. The number of halogens is 1. The van der Waals surface area contributed by atoms with E-state index in [1.54, 1.807) is 4.90 Å². The second-order valence-electron chi connectivity index (χ2n) is 5.13. The Kier molecular flexibility index (Phi) is 5.23. The number of nitrogens with zero attached hydrogens (tertiary/aromatic N) is 3. The molecule has 2 rings (SSSR count). The lowest BCUT2D eigenvalue weighted by atomic mass is 10.3. The van der Waals surface area contributed by atoms with Crippen molar-refractivity contribution in [2.75, 3.05) is 26.2 Å². The van der Waals surface area contributed by atoms with Gasteiger partial charge in [-0.05, 0) is 18.6 Å². The third-order valence-electron chi connectivity index (χ3n) is 3.64. The molecule has 1 aliphatic rings. The summed E-state index contributed by atoms with van der Waals surface area (Å²) >= 11 is 5.72. The van der Waals surface area contributed by atoms with E-state index in [9.17, 15) is 23.3 Å². The first kappa shape index (κ1) is 17.6. The summed E-state index contributed by atoms with van der Waals surface area (Å²) in [6.07, 6.45) is 0.472. The summed E-state index contributed by atoms with van der Waals surface area (Å²) in [6.45, 7) is 2.45. The molecule has 1 aromatic carbocycles. The normalized spacial score (nSPS) is 16.9. The van der Waals surface area contributed by atoms with Crippen LogP contribution in [0.25, 0.3) is 0 Å². The van der Waals surface area contributed by atoms with E-state index >= 15 is 0 Å². The molecule has 0 aliphatic carbocycles. The molecule has 1 aromatic rings. The van der Waals surface area contributed by atoms with Gasteiger partial charge in [0, 0.05) is 44.2 Å². The lowest BCUT2D eigenvalue weighted by Crippen LogP contribution is -2.36. The van der Waals surface area contributed by atoms with Crippen molar-refractivity contribution in [1.82, 2.24) is 9.21 Å². The van der Waals surface area contributed by atoms with Gasteiger partial charge in [-0.3, -0.25) is 14.9 Å². The van der Waals surface area contributed by atoms with Crippen molar-refractivity contribution in [3.63, 3.8) is 0 Å². The summed E-state index contributed by atoms with van der Waals surface area (Å²) in [6, 6.07) is 3.47. The summed E-state index contributed by atoms with van der Waals surface area (Å²) in [5, 5.41) is 11.2. The van der Waals surface area contributed by atoms with E-state index in [0.29, 0.717) is 13.0 Å². The number of benzene rings is 1. The Labute approximate surface area is 138 Å². The van der Waals surface area contributed by atoms with Gasteiger partial charge in [-0.1, -0.05) is 11.6 Å². The van der Waals surface area contributed by atoms with Crippen molar-refractivity contribution >= 4 is 33.2 Å². The number of hydrogen-bond donors (Lipinski definition) is 0. The minimum atomic E-state index is -4.03. The largest absolute Gasteiger partial charge is 0.342 e. The maximum atomic E-state index is 12.7. The van der Waals surface area contributed by atoms with Gasteiger partial charge in [-0.25, -0.2) is 8.42 Å². The molecule has 0 spiro atoms. The van der Waals surface area contributed by atoms with Crippen LogP contribution in [0, 0.1) is 10.1 Å². The first-order valence-corrected chi connectivity index (χ1v) is 8.75. The van der Waals surface area contributed by atoms with Crippen LogP contribution < -0.4 is 0 Å². The second-order valence-corrected chi connectivity index (χ2v) is 7.48. The van der Waals surface area contributed by atoms with Gasteiger partial charge in [0.05, 0.1) is 4.92 Å². The zero-order valence-corrected chi connectivity index (χ0v) is 14.0. The fourth-order valence-electron chi connectivity index (χ4n) is 2.44. The maximum Gasteiger partial charge on any atom is 0.290 e. The highest BCUT2D eigenvalue weighted by atomic mass is 35.5. The SMILES string of the molecule is CC(=O)N1CCCN(S(=O)(=O)c2ccc(Cl)cc2[N+](=O)[O-])CC1. The molecule has 10 heteroatoms. The molecule has 1 heterocycles. The first-order chi connectivity index (χ1) is 10.7. The topological polar surface area (TPSA) is 101 Å². The number of carbonyl (C=O) groups is 1. The molecule has 0 unspecified atom stereocenters. The van der Waals surface area contributed by atoms with Crippen LogP contribution in [0.4, 0.5) is 5.69 Å². The van der Waals surface area contributed by atoms with Crippen LogP contribution in [-0.2, 0) is 14.8 Å². The van der Waals surface area contributed by atoms with E-state index in [0.717, 1.165) is 12.1 Å². The van der Waals surface area contributed by atoms with E-state index in [4.69, 9.17) is 11.6 Å². The highest BCUT2D eigenvalue weighted by Crippen LogP contribution is 2.30. The van der Waals surface area contributed by atoms with Crippen LogP contribution >= 0.6 is 11.6 Å². The number of hydrogen-bond acceptors (Lipinski definition) is 5. The predicted molar refractivity (Wildman–Crippen MR) is 83.7 cm³/mol. The standard InChI is InChI=1S/C13H16ClN3O5S/c1-10(18)15-5-2-6-16(8-7-15)23(21,22)13-4-3-11(14)9-12(13)17(19)20/h3-4,9H,2,5-8H2,1H3. The van der Waals surface area contributed by atoms with E-state index < -0.39 is 20.6 Å². The summed E-state index contributed by atoms with van der Waals surface area (Å²) < 4.78 is 26.6. The maximum absolute atomic E-state index is 12.7. The average molecular weight is 362 g/mol. The lowest BCUT2D eigenvalue weighted by Gasteiger charge is -2.21. The molecule has 0 N–H and O–H groups in total. The molecule has 0 radical (unpaired) electrons. The summed E-state index contributed by atoms with van der Waals surface area (Å²) in [7, 11) is -4.03. The van der Waals surface area contributed by atoms with Gasteiger partial charge in [-0.2, -0.15) is 4.31 Å². The molecule has 0 saturated carbocycles. The Balaban J connectivity index is 2.35. The summed E-state index contributed by atoms with van der Waals surface area (Å²) in [5.74, 6) is -0.123. The highest BCUT2D eigenvalue weighted by molar-refractivity contribution is 7.89. The average Bonchev–Trinajstić information content (AvgIpc) is 2.73. The molecule has 0 bridgehead atoms. The Morgan fingerprint density at radius 2 is 1.96 bits per heavy atom. The smallest absolute Gasteiger partial charge is 0.290 e. The van der Waals surface area contributed by atoms with E-state index in [1.807, 2.05) is 0 Å². The minimum Gasteiger partial charge on any atom is -0.342 e. The van der Waals surface area contributed by atoms with Crippen molar-refractivity contribution in [2.24, 2.45) is 0 Å². The van der Waals surface area contributed by atoms with Gasteiger partial charge >= 0.3 is 0 Å². The van der Waals surface area contributed by atoms with Crippen molar-refractivity contribution in [2.45, 2.75) is 18.2 Å². The molecule has 8 nitrogen and oxygen atoms in total. The number of sulfonamides is 1. The third kappa shape index (κ3) is 3.80. The zero-order valence-electron chi connectivity index (χ0n) is 12.4. The molecule has 23 heavy (non-hydrogen) atoms. The molecule has 1 aliphatic heterocycles. The van der Waals surface area contributed by atoms with Crippen molar-refractivity contribution in [3.8, 4) is 0 Å². The number of carbonyl (C=O) groups excluding carboxylic acids is 1. The van der Waals surface area contributed by atoms with Gasteiger partial charge < -0.3 is 4.90 Å². The molecule has 0 aromatic heterocycles. The number of rotatable bonds is 3. The molecule has 1 saturated heterocycles. The van der Waals surface area contributed by atoms with E-state index in [2.05, 4.69) is 0 Å². The molecule has 0 atom stereocenters.